The van der Waals surface area contributed by atoms with Gasteiger partial charge in [-0.15, -0.1) is 0 Å². The van der Waals surface area contributed by atoms with Crippen molar-refractivity contribution in [3.05, 3.63) is 29.3 Å². The smallest absolute Gasteiger partial charge is 0.0515 e. The Morgan fingerprint density at radius 3 is 2.94 bits per heavy atom. The maximum absolute atomic E-state index is 9.43. The number of aryl methyl sites for hydroxylation is 2. The van der Waals surface area contributed by atoms with E-state index in [0.29, 0.717) is 0 Å². The van der Waals surface area contributed by atoms with Crippen molar-refractivity contribution in [2.45, 2.75) is 45.1 Å². The minimum atomic E-state index is -0.207. The van der Waals surface area contributed by atoms with E-state index in [4.69, 9.17) is 0 Å². The Morgan fingerprint density at radius 1 is 1.35 bits per heavy atom. The summed E-state index contributed by atoms with van der Waals surface area (Å²) in [4.78, 5) is 2.39. The highest BCUT2D eigenvalue weighted by Crippen LogP contribution is 2.30. The zero-order valence-electron chi connectivity index (χ0n) is 10.9. The van der Waals surface area contributed by atoms with Crippen LogP contribution in [0.1, 0.15) is 37.3 Å². The molecule has 17 heavy (non-hydrogen) atoms. The van der Waals surface area contributed by atoms with E-state index in [1.54, 1.807) is 0 Å². The molecule has 0 saturated heterocycles. The Labute approximate surface area is 104 Å². The quantitative estimate of drug-likeness (QED) is 0.867. The highest BCUT2D eigenvalue weighted by molar-refractivity contribution is 5.60. The first-order chi connectivity index (χ1) is 8.18. The van der Waals surface area contributed by atoms with E-state index in [0.717, 1.165) is 19.4 Å². The summed E-state index contributed by atoms with van der Waals surface area (Å²) < 4.78 is 0. The van der Waals surface area contributed by atoms with Crippen molar-refractivity contribution < 1.29 is 5.11 Å². The van der Waals surface area contributed by atoms with Gasteiger partial charge in [-0.05, 0) is 50.2 Å². The number of rotatable bonds is 3. The molecule has 1 aliphatic rings. The fraction of sp³-hybridized carbons (Fsp3) is 0.600. The van der Waals surface area contributed by atoms with Crippen molar-refractivity contribution in [3.8, 4) is 0 Å². The van der Waals surface area contributed by atoms with Crippen molar-refractivity contribution in [2.75, 3.05) is 18.5 Å². The third-order valence-electron chi connectivity index (χ3n) is 3.61. The maximum Gasteiger partial charge on any atom is 0.0515 e. The van der Waals surface area contributed by atoms with Crippen molar-refractivity contribution >= 4 is 5.69 Å². The largest absolute Gasteiger partial charge is 0.393 e. The van der Waals surface area contributed by atoms with Gasteiger partial charge in [-0.3, -0.25) is 0 Å². The molecule has 1 aliphatic heterocycles. The van der Waals surface area contributed by atoms with E-state index in [2.05, 4.69) is 30.1 Å². The average molecular weight is 233 g/mol. The predicted octanol–water partition coefficient (Wildman–Crippen LogP) is 2.77. The molecule has 1 aromatic carbocycles. The summed E-state index contributed by atoms with van der Waals surface area (Å²) in [5, 5.41) is 9.43. The molecule has 0 bridgehead atoms. The molecule has 0 aliphatic carbocycles. The van der Waals surface area contributed by atoms with Gasteiger partial charge < -0.3 is 10.0 Å². The molecule has 0 saturated carbocycles. The third kappa shape index (κ3) is 3.01. The third-order valence-corrected chi connectivity index (χ3v) is 3.61. The van der Waals surface area contributed by atoms with E-state index < -0.39 is 0 Å². The van der Waals surface area contributed by atoms with E-state index >= 15 is 0 Å². The summed E-state index contributed by atoms with van der Waals surface area (Å²) in [5.41, 5.74) is 4.30. The van der Waals surface area contributed by atoms with Gasteiger partial charge >= 0.3 is 0 Å². The summed E-state index contributed by atoms with van der Waals surface area (Å²) in [6.07, 6.45) is 5.39. The van der Waals surface area contributed by atoms with E-state index in [1.165, 1.54) is 36.1 Å². The van der Waals surface area contributed by atoms with Gasteiger partial charge in [0.2, 0.25) is 0 Å². The van der Waals surface area contributed by atoms with Crippen molar-refractivity contribution in [2.24, 2.45) is 0 Å². The zero-order valence-corrected chi connectivity index (χ0v) is 10.9. The van der Waals surface area contributed by atoms with Gasteiger partial charge in [0.1, 0.15) is 0 Å². The normalized spacial score (nSPS) is 17.5. The molecule has 94 valence electrons. The first-order valence-corrected chi connectivity index (χ1v) is 6.68. The molecule has 1 unspecified atom stereocenters. The first kappa shape index (κ1) is 12.4. The number of hydrogen-bond donors (Lipinski definition) is 1. The topological polar surface area (TPSA) is 23.5 Å². The second-order valence-electron chi connectivity index (χ2n) is 5.19. The molecule has 0 spiro atoms. The number of para-hydroxylation sites is 1. The SMILES string of the molecule is CC(O)CCc1cccc2c1N(C)CCCC2. The van der Waals surface area contributed by atoms with Crippen LogP contribution in [-0.2, 0) is 12.8 Å². The van der Waals surface area contributed by atoms with E-state index in [-0.39, 0.29) is 6.10 Å². The zero-order chi connectivity index (χ0) is 12.3. The molecule has 1 atom stereocenters. The number of aliphatic hydroxyl groups is 1. The fourth-order valence-corrected chi connectivity index (χ4v) is 2.68. The standard InChI is InChI=1S/C15H23NO/c1-12(17)9-10-14-8-5-7-13-6-3-4-11-16(2)15(13)14/h5,7-8,12,17H,3-4,6,9-11H2,1-2H3. The van der Waals surface area contributed by atoms with Crippen LogP contribution >= 0.6 is 0 Å². The van der Waals surface area contributed by atoms with Gasteiger partial charge in [0.15, 0.2) is 0 Å². The molecular weight excluding hydrogens is 210 g/mol. The lowest BCUT2D eigenvalue weighted by Crippen LogP contribution is -2.19. The molecule has 1 N–H and O–H groups in total. The highest BCUT2D eigenvalue weighted by atomic mass is 16.3. The number of fused-ring (bicyclic) bond motifs is 1. The predicted molar refractivity (Wildman–Crippen MR) is 72.7 cm³/mol. The number of anilines is 1. The summed E-state index contributed by atoms with van der Waals surface area (Å²) in [6, 6.07) is 6.63. The summed E-state index contributed by atoms with van der Waals surface area (Å²) in [5.74, 6) is 0. The van der Waals surface area contributed by atoms with Gasteiger partial charge in [0, 0.05) is 19.3 Å². The second kappa shape index (κ2) is 5.54. The minimum absolute atomic E-state index is 0.207. The molecule has 0 fully saturated rings. The highest BCUT2D eigenvalue weighted by Gasteiger charge is 2.15. The monoisotopic (exact) mass is 233 g/mol. The number of hydrogen-bond acceptors (Lipinski definition) is 2. The average Bonchev–Trinajstić information content (AvgIpc) is 2.49. The molecule has 0 amide bonds. The Balaban J connectivity index is 2.26. The van der Waals surface area contributed by atoms with E-state index in [9.17, 15) is 5.11 Å². The molecule has 2 nitrogen and oxygen atoms in total. The van der Waals surface area contributed by atoms with Crippen LogP contribution in [-0.4, -0.2) is 24.8 Å². The summed E-state index contributed by atoms with van der Waals surface area (Å²) in [7, 11) is 2.19. The van der Waals surface area contributed by atoms with Crippen molar-refractivity contribution in [1.82, 2.24) is 0 Å². The second-order valence-corrected chi connectivity index (χ2v) is 5.19. The van der Waals surface area contributed by atoms with Gasteiger partial charge in [-0.1, -0.05) is 18.2 Å². The van der Waals surface area contributed by atoms with Crippen LogP contribution in [0.25, 0.3) is 0 Å². The molecule has 1 aromatic rings. The maximum atomic E-state index is 9.43. The van der Waals surface area contributed by atoms with Crippen LogP contribution in [0.2, 0.25) is 0 Å². The first-order valence-electron chi connectivity index (χ1n) is 6.68. The van der Waals surface area contributed by atoms with Gasteiger partial charge in [0.25, 0.3) is 0 Å². The van der Waals surface area contributed by atoms with Gasteiger partial charge in [-0.2, -0.15) is 0 Å². The van der Waals surface area contributed by atoms with Crippen LogP contribution < -0.4 is 4.90 Å². The lowest BCUT2D eigenvalue weighted by molar-refractivity contribution is 0.185. The molecule has 0 radical (unpaired) electrons. The Bertz CT molecular complexity index is 373. The van der Waals surface area contributed by atoms with Crippen LogP contribution in [0.15, 0.2) is 18.2 Å². The fourth-order valence-electron chi connectivity index (χ4n) is 2.68. The lowest BCUT2D eigenvalue weighted by Gasteiger charge is -2.23. The Morgan fingerprint density at radius 2 is 2.18 bits per heavy atom. The summed E-state index contributed by atoms with van der Waals surface area (Å²) >= 11 is 0. The number of nitrogens with zero attached hydrogens (tertiary/aromatic N) is 1. The molecular formula is C15H23NO. The van der Waals surface area contributed by atoms with Crippen molar-refractivity contribution in [3.63, 3.8) is 0 Å². The number of aliphatic hydroxyl groups excluding tert-OH is 1. The molecule has 2 rings (SSSR count). The van der Waals surface area contributed by atoms with Crippen LogP contribution in [0.5, 0.6) is 0 Å². The molecule has 1 heterocycles. The van der Waals surface area contributed by atoms with Crippen LogP contribution in [0, 0.1) is 0 Å². The number of benzene rings is 1. The Hall–Kier alpha value is -1.02. The van der Waals surface area contributed by atoms with Crippen molar-refractivity contribution in [1.29, 1.82) is 0 Å². The van der Waals surface area contributed by atoms with Crippen LogP contribution in [0.4, 0.5) is 5.69 Å². The Kier molecular flexibility index (Phi) is 4.06. The van der Waals surface area contributed by atoms with E-state index in [1.807, 2.05) is 6.92 Å². The van der Waals surface area contributed by atoms with Gasteiger partial charge in [-0.25, -0.2) is 0 Å². The lowest BCUT2D eigenvalue weighted by atomic mass is 9.99. The summed E-state index contributed by atoms with van der Waals surface area (Å²) in [6.45, 7) is 3.02. The molecule has 0 aromatic heterocycles. The minimum Gasteiger partial charge on any atom is -0.393 e. The molecule has 2 heteroatoms. The van der Waals surface area contributed by atoms with Gasteiger partial charge in [0.05, 0.1) is 6.10 Å². The van der Waals surface area contributed by atoms with Crippen LogP contribution in [0.3, 0.4) is 0 Å².